The number of hydrogen-bond acceptors (Lipinski definition) is 7. The molecule has 0 saturated carbocycles. The molecule has 2 amide bonds. The van der Waals surface area contributed by atoms with Gasteiger partial charge in [0.25, 0.3) is 0 Å². The number of carbonyl (C=O) groups excluding carboxylic acids is 4. The van der Waals surface area contributed by atoms with Crippen LogP contribution in [0, 0.1) is 11.3 Å². The smallest absolute Gasteiger partial charge is 0.415 e. The lowest BCUT2D eigenvalue weighted by Gasteiger charge is -2.21. The Morgan fingerprint density at radius 2 is 1.82 bits per heavy atom. The van der Waals surface area contributed by atoms with Gasteiger partial charge in [-0.15, -0.1) is 0 Å². The molecule has 0 aliphatic heterocycles. The monoisotopic (exact) mass is 532 g/mol. The average molecular weight is 533 g/mol. The number of rotatable bonds is 12. The first-order valence-corrected chi connectivity index (χ1v) is 12.8. The Morgan fingerprint density at radius 1 is 1.08 bits per heavy atom. The minimum absolute atomic E-state index is 0.0562. The van der Waals surface area contributed by atoms with E-state index < -0.39 is 18.0 Å². The third-order valence-corrected chi connectivity index (χ3v) is 6.01. The minimum Gasteiger partial charge on any atom is -0.465 e. The van der Waals surface area contributed by atoms with Gasteiger partial charge < -0.3 is 19.4 Å². The van der Waals surface area contributed by atoms with Gasteiger partial charge in [0.05, 0.1) is 18.2 Å². The maximum absolute atomic E-state index is 13.1. The number of fused-ring (bicyclic) bond motifs is 1. The predicted octanol–water partition coefficient (Wildman–Crippen LogP) is 3.76. The average Bonchev–Trinajstić information content (AvgIpc) is 3.26. The molecule has 0 fully saturated rings. The topological polar surface area (TPSA) is 131 Å². The standard InChI is InChI=1S/C29H32N4O6/c1-4-14-33(19-27(35)31-17-28(36)38-5-2)29(37)39-22-11-12-25-23(15-22)24(18-32(25)3)26(34)13-10-20-6-8-21(16-30)9-7-20/h6-9,11-12,15,18H,4-5,10,13-14,17,19H2,1-3H3,(H,31,35). The Bertz CT molecular complexity index is 1390. The highest BCUT2D eigenvalue weighted by Crippen LogP contribution is 2.27. The number of carbonyl (C=O) groups is 4. The van der Waals surface area contributed by atoms with Crippen LogP contribution in [0.15, 0.2) is 48.7 Å². The number of amides is 2. The molecule has 2 aromatic carbocycles. The quantitative estimate of drug-likeness (QED) is 0.278. The molecule has 0 unspecified atom stereocenters. The van der Waals surface area contributed by atoms with Crippen LogP contribution < -0.4 is 10.1 Å². The molecule has 0 aliphatic carbocycles. The van der Waals surface area contributed by atoms with Gasteiger partial charge in [-0.3, -0.25) is 19.3 Å². The van der Waals surface area contributed by atoms with Crippen LogP contribution in [0.1, 0.15) is 48.2 Å². The number of hydrogen-bond donors (Lipinski definition) is 1. The molecular weight excluding hydrogens is 500 g/mol. The second-order valence-electron chi connectivity index (χ2n) is 8.94. The van der Waals surface area contributed by atoms with Gasteiger partial charge >= 0.3 is 12.1 Å². The normalized spacial score (nSPS) is 10.5. The second-order valence-corrected chi connectivity index (χ2v) is 8.94. The highest BCUT2D eigenvalue weighted by Gasteiger charge is 2.21. The fraction of sp³-hybridized carbons (Fsp3) is 0.345. The summed E-state index contributed by atoms with van der Waals surface area (Å²) >= 11 is 0. The molecule has 1 aromatic heterocycles. The largest absolute Gasteiger partial charge is 0.465 e. The van der Waals surface area contributed by atoms with Crippen molar-refractivity contribution in [1.82, 2.24) is 14.8 Å². The molecule has 0 spiro atoms. The molecule has 10 nitrogen and oxygen atoms in total. The Balaban J connectivity index is 1.69. The number of ether oxygens (including phenoxy) is 2. The maximum Gasteiger partial charge on any atom is 0.415 e. The summed E-state index contributed by atoms with van der Waals surface area (Å²) in [4.78, 5) is 51.0. The summed E-state index contributed by atoms with van der Waals surface area (Å²) in [6, 6.07) is 14.3. The van der Waals surface area contributed by atoms with Crippen molar-refractivity contribution in [3.63, 3.8) is 0 Å². The summed E-state index contributed by atoms with van der Waals surface area (Å²) in [6.45, 7) is 3.45. The van der Waals surface area contributed by atoms with E-state index in [0.717, 1.165) is 11.1 Å². The van der Waals surface area contributed by atoms with Crippen molar-refractivity contribution < 1.29 is 28.7 Å². The van der Waals surface area contributed by atoms with Crippen molar-refractivity contribution in [2.75, 3.05) is 26.2 Å². The zero-order chi connectivity index (χ0) is 28.4. The van der Waals surface area contributed by atoms with E-state index in [1.165, 1.54) is 4.90 Å². The molecule has 1 N–H and O–H groups in total. The van der Waals surface area contributed by atoms with E-state index in [2.05, 4.69) is 11.4 Å². The van der Waals surface area contributed by atoms with Gasteiger partial charge in [0.15, 0.2) is 5.78 Å². The van der Waals surface area contributed by atoms with Crippen molar-refractivity contribution in [2.24, 2.45) is 7.05 Å². The van der Waals surface area contributed by atoms with Crippen LogP contribution in [-0.2, 0) is 27.8 Å². The summed E-state index contributed by atoms with van der Waals surface area (Å²) < 4.78 is 12.2. The summed E-state index contributed by atoms with van der Waals surface area (Å²) in [5.74, 6) is -0.886. The van der Waals surface area contributed by atoms with Crippen molar-refractivity contribution in [3.05, 3.63) is 65.4 Å². The van der Waals surface area contributed by atoms with Crippen LogP contribution in [0.5, 0.6) is 5.75 Å². The summed E-state index contributed by atoms with van der Waals surface area (Å²) in [7, 11) is 1.84. The summed E-state index contributed by atoms with van der Waals surface area (Å²) in [5, 5.41) is 12.0. The molecule has 0 saturated heterocycles. The van der Waals surface area contributed by atoms with E-state index in [1.807, 2.05) is 30.7 Å². The number of aryl methyl sites for hydroxylation is 2. The SMILES string of the molecule is CCCN(CC(=O)NCC(=O)OCC)C(=O)Oc1ccc2c(c1)c(C(=O)CCc1ccc(C#N)cc1)cn2C. The zero-order valence-electron chi connectivity index (χ0n) is 22.4. The molecule has 3 aromatic rings. The Hall–Kier alpha value is -4.65. The second kappa shape index (κ2) is 13.8. The van der Waals surface area contributed by atoms with Crippen LogP contribution >= 0.6 is 0 Å². The molecule has 0 bridgehead atoms. The number of nitrogens with zero attached hydrogens (tertiary/aromatic N) is 3. The van der Waals surface area contributed by atoms with E-state index >= 15 is 0 Å². The van der Waals surface area contributed by atoms with Crippen molar-refractivity contribution >= 4 is 34.7 Å². The minimum atomic E-state index is -0.716. The third kappa shape index (κ3) is 7.92. The highest BCUT2D eigenvalue weighted by molar-refractivity contribution is 6.08. The molecule has 0 aliphatic rings. The molecule has 10 heteroatoms. The first-order chi connectivity index (χ1) is 18.7. The molecular formula is C29H32N4O6. The lowest BCUT2D eigenvalue weighted by atomic mass is 10.0. The molecule has 204 valence electrons. The summed E-state index contributed by atoms with van der Waals surface area (Å²) in [5.41, 5.74) is 2.85. The van der Waals surface area contributed by atoms with Crippen molar-refractivity contribution in [1.29, 1.82) is 5.26 Å². The molecule has 0 radical (unpaired) electrons. The number of aromatic nitrogens is 1. The Labute approximate surface area is 227 Å². The van der Waals surface area contributed by atoms with E-state index in [4.69, 9.17) is 14.7 Å². The van der Waals surface area contributed by atoms with E-state index in [9.17, 15) is 19.2 Å². The third-order valence-electron chi connectivity index (χ3n) is 6.01. The van der Waals surface area contributed by atoms with Crippen molar-refractivity contribution in [3.8, 4) is 11.8 Å². The molecule has 1 heterocycles. The fourth-order valence-corrected chi connectivity index (χ4v) is 4.08. The van der Waals surface area contributed by atoms with Crippen LogP contribution in [0.4, 0.5) is 4.79 Å². The van der Waals surface area contributed by atoms with Crippen LogP contribution in [0.25, 0.3) is 10.9 Å². The van der Waals surface area contributed by atoms with Gasteiger partial charge in [-0.1, -0.05) is 19.1 Å². The van der Waals surface area contributed by atoms with Gasteiger partial charge in [-0.25, -0.2) is 4.79 Å². The molecule has 39 heavy (non-hydrogen) atoms. The summed E-state index contributed by atoms with van der Waals surface area (Å²) in [6.07, 6.45) is 2.44. The lowest BCUT2D eigenvalue weighted by molar-refractivity contribution is -0.143. The molecule has 3 rings (SSSR count). The van der Waals surface area contributed by atoms with Gasteiger partial charge in [-0.05, 0) is 55.7 Å². The Kier molecular flexibility index (Phi) is 10.2. The number of nitriles is 1. The number of ketones is 1. The lowest BCUT2D eigenvalue weighted by Crippen LogP contribution is -2.43. The maximum atomic E-state index is 13.1. The van der Waals surface area contributed by atoms with Crippen LogP contribution in [0.3, 0.4) is 0 Å². The van der Waals surface area contributed by atoms with Gasteiger partial charge in [-0.2, -0.15) is 5.26 Å². The van der Waals surface area contributed by atoms with E-state index in [0.29, 0.717) is 29.4 Å². The van der Waals surface area contributed by atoms with Gasteiger partial charge in [0, 0.05) is 42.7 Å². The van der Waals surface area contributed by atoms with Gasteiger partial charge in [0.2, 0.25) is 5.91 Å². The number of esters is 1. The van der Waals surface area contributed by atoms with Gasteiger partial charge in [0.1, 0.15) is 18.8 Å². The first kappa shape index (κ1) is 28.9. The molecule has 0 atom stereocenters. The van der Waals surface area contributed by atoms with E-state index in [1.54, 1.807) is 43.5 Å². The number of nitrogens with one attached hydrogen (secondary N) is 1. The highest BCUT2D eigenvalue weighted by atomic mass is 16.6. The fourth-order valence-electron chi connectivity index (χ4n) is 4.08. The van der Waals surface area contributed by atoms with Crippen molar-refractivity contribution in [2.45, 2.75) is 33.1 Å². The van der Waals surface area contributed by atoms with E-state index in [-0.39, 0.29) is 44.2 Å². The van der Waals surface area contributed by atoms with Crippen LogP contribution in [-0.4, -0.2) is 59.5 Å². The number of benzene rings is 2. The predicted molar refractivity (Wildman–Crippen MR) is 144 cm³/mol. The van der Waals surface area contributed by atoms with Crippen LogP contribution in [0.2, 0.25) is 0 Å². The zero-order valence-corrected chi connectivity index (χ0v) is 22.4. The Morgan fingerprint density at radius 3 is 2.49 bits per heavy atom. The first-order valence-electron chi connectivity index (χ1n) is 12.8. The number of Topliss-reactive ketones (excluding diaryl/α,β-unsaturated/α-hetero) is 1.